The minimum atomic E-state index is -0.269. The number of nitrogens with zero attached hydrogens (tertiary/aromatic N) is 1. The Morgan fingerprint density at radius 1 is 1.09 bits per heavy atom. The first kappa shape index (κ1) is 15.6. The summed E-state index contributed by atoms with van der Waals surface area (Å²) in [6.45, 7) is 1.55. The number of amides is 2. The van der Waals surface area contributed by atoms with Gasteiger partial charge in [0.1, 0.15) is 5.88 Å². The van der Waals surface area contributed by atoms with E-state index in [2.05, 4.69) is 5.32 Å². The summed E-state index contributed by atoms with van der Waals surface area (Å²) in [5.74, 6) is -0.424. The van der Waals surface area contributed by atoms with Crippen LogP contribution in [-0.4, -0.2) is 17.7 Å². The third-order valence-corrected chi connectivity index (χ3v) is 4.19. The van der Waals surface area contributed by atoms with Crippen LogP contribution in [0.4, 0.5) is 17.1 Å². The summed E-state index contributed by atoms with van der Waals surface area (Å²) in [6, 6.07) is 13.6. The molecule has 0 saturated heterocycles. The lowest BCUT2D eigenvalue weighted by Gasteiger charge is -2.24. The summed E-state index contributed by atoms with van der Waals surface area (Å²) >= 11 is 5.54. The molecule has 0 bridgehead atoms. The van der Waals surface area contributed by atoms with Crippen molar-refractivity contribution < 1.29 is 9.59 Å². The van der Waals surface area contributed by atoms with Crippen molar-refractivity contribution in [3.05, 3.63) is 53.6 Å². The van der Waals surface area contributed by atoms with Gasteiger partial charge in [0.2, 0.25) is 11.8 Å². The molecule has 1 N–H and O–H groups in total. The number of aryl methyl sites for hydroxylation is 2. The molecule has 1 aliphatic rings. The number of carbonyl (C=O) groups is 2. The van der Waals surface area contributed by atoms with Crippen LogP contribution in [0.1, 0.15) is 18.1 Å². The number of fused-ring (bicyclic) bond motifs is 2. The molecule has 1 aliphatic heterocycles. The van der Waals surface area contributed by atoms with Gasteiger partial charge in [0.05, 0.1) is 11.4 Å². The molecule has 0 saturated carbocycles. The molecule has 3 rings (SSSR count). The number of benzene rings is 2. The Balaban J connectivity index is 2.10. The molecule has 0 radical (unpaired) electrons. The molecule has 2 amide bonds. The van der Waals surface area contributed by atoms with Gasteiger partial charge in [0.25, 0.3) is 0 Å². The predicted molar refractivity (Wildman–Crippen MR) is 92.5 cm³/mol. The van der Waals surface area contributed by atoms with Gasteiger partial charge in [-0.1, -0.05) is 24.3 Å². The van der Waals surface area contributed by atoms with E-state index in [9.17, 15) is 9.59 Å². The number of carbonyl (C=O) groups excluding carboxylic acids is 2. The van der Waals surface area contributed by atoms with E-state index in [1.165, 1.54) is 0 Å². The zero-order chi connectivity index (χ0) is 16.4. The molecule has 118 valence electrons. The normalized spacial score (nSPS) is 12.9. The average molecular weight is 329 g/mol. The number of hydrogen-bond acceptors (Lipinski definition) is 2. The van der Waals surface area contributed by atoms with Gasteiger partial charge in [-0.3, -0.25) is 14.5 Å². The fraction of sp³-hybridized carbons (Fsp3) is 0.222. The summed E-state index contributed by atoms with van der Waals surface area (Å²) < 4.78 is 0. The highest BCUT2D eigenvalue weighted by atomic mass is 35.5. The lowest BCUT2D eigenvalue weighted by atomic mass is 10.0. The van der Waals surface area contributed by atoms with Crippen LogP contribution in [0.15, 0.2) is 42.5 Å². The van der Waals surface area contributed by atoms with Crippen molar-refractivity contribution in [1.82, 2.24) is 0 Å². The standard InChI is InChI=1S/C18H17ClN2O2/c1-12(22)21-16-5-3-2-4-13(16)6-7-14-8-9-15(10-17(14)21)20-18(23)11-19/h2-5,8-10H,6-7,11H2,1H3,(H,20,23). The first-order chi connectivity index (χ1) is 11.1. The molecule has 0 spiro atoms. The maximum atomic E-state index is 12.3. The van der Waals surface area contributed by atoms with Crippen LogP contribution in [0.5, 0.6) is 0 Å². The third kappa shape index (κ3) is 3.08. The highest BCUT2D eigenvalue weighted by molar-refractivity contribution is 6.29. The second-order valence-corrected chi connectivity index (χ2v) is 5.78. The predicted octanol–water partition coefficient (Wildman–Crippen LogP) is 3.65. The summed E-state index contributed by atoms with van der Waals surface area (Å²) in [5.41, 5.74) is 4.58. The zero-order valence-electron chi connectivity index (χ0n) is 12.8. The molecule has 0 atom stereocenters. The van der Waals surface area contributed by atoms with Crippen LogP contribution >= 0.6 is 11.6 Å². The number of rotatable bonds is 2. The monoisotopic (exact) mass is 328 g/mol. The number of anilines is 3. The summed E-state index contributed by atoms with van der Waals surface area (Å²) in [5, 5.41) is 2.74. The van der Waals surface area contributed by atoms with Crippen LogP contribution in [0.2, 0.25) is 0 Å². The van der Waals surface area contributed by atoms with Crippen molar-refractivity contribution >= 4 is 40.5 Å². The average Bonchev–Trinajstić information content (AvgIpc) is 2.71. The van der Waals surface area contributed by atoms with Crippen molar-refractivity contribution in [2.45, 2.75) is 19.8 Å². The van der Waals surface area contributed by atoms with Gasteiger partial charge in [-0.25, -0.2) is 0 Å². The lowest BCUT2D eigenvalue weighted by molar-refractivity contribution is -0.116. The van der Waals surface area contributed by atoms with E-state index >= 15 is 0 Å². The Morgan fingerprint density at radius 2 is 1.78 bits per heavy atom. The van der Waals surface area contributed by atoms with E-state index in [4.69, 9.17) is 11.6 Å². The number of alkyl halides is 1. The Labute approximate surface area is 140 Å². The molecule has 2 aromatic rings. The Kier molecular flexibility index (Phi) is 4.35. The SMILES string of the molecule is CC(=O)N1c2ccccc2CCc2ccc(NC(=O)CCl)cc21. The molecule has 23 heavy (non-hydrogen) atoms. The van der Waals surface area contributed by atoms with Gasteiger partial charge in [0, 0.05) is 12.6 Å². The van der Waals surface area contributed by atoms with Crippen molar-refractivity contribution in [3.8, 4) is 0 Å². The van der Waals surface area contributed by atoms with Crippen molar-refractivity contribution in [1.29, 1.82) is 0 Å². The molecule has 5 heteroatoms. The molecule has 0 fully saturated rings. The summed E-state index contributed by atoms with van der Waals surface area (Å²) in [7, 11) is 0. The lowest BCUT2D eigenvalue weighted by Crippen LogP contribution is -2.24. The maximum Gasteiger partial charge on any atom is 0.239 e. The second-order valence-electron chi connectivity index (χ2n) is 5.51. The van der Waals surface area contributed by atoms with Gasteiger partial charge in [0.15, 0.2) is 0 Å². The van der Waals surface area contributed by atoms with Gasteiger partial charge < -0.3 is 5.32 Å². The van der Waals surface area contributed by atoms with E-state index in [1.54, 1.807) is 11.8 Å². The first-order valence-electron chi connectivity index (χ1n) is 7.47. The molecule has 4 nitrogen and oxygen atoms in total. The molecule has 0 aromatic heterocycles. The zero-order valence-corrected chi connectivity index (χ0v) is 13.6. The third-order valence-electron chi connectivity index (χ3n) is 3.94. The summed E-state index contributed by atoms with van der Waals surface area (Å²) in [4.78, 5) is 25.5. The largest absolute Gasteiger partial charge is 0.325 e. The van der Waals surface area contributed by atoms with E-state index in [0.29, 0.717) is 5.69 Å². The number of para-hydroxylation sites is 1. The van der Waals surface area contributed by atoms with Crippen molar-refractivity contribution in [2.24, 2.45) is 0 Å². The van der Waals surface area contributed by atoms with Crippen LogP contribution in [-0.2, 0) is 22.4 Å². The number of halogens is 1. The number of nitrogens with one attached hydrogen (secondary N) is 1. The van der Waals surface area contributed by atoms with Crippen molar-refractivity contribution in [2.75, 3.05) is 16.1 Å². The van der Waals surface area contributed by atoms with Crippen LogP contribution in [0, 0.1) is 0 Å². The van der Waals surface area contributed by atoms with Gasteiger partial charge in [-0.15, -0.1) is 11.6 Å². The quantitative estimate of drug-likeness (QED) is 0.855. The van der Waals surface area contributed by atoms with Crippen molar-refractivity contribution in [3.63, 3.8) is 0 Å². The summed E-state index contributed by atoms with van der Waals surface area (Å²) in [6.07, 6.45) is 1.72. The van der Waals surface area contributed by atoms with Gasteiger partial charge in [-0.2, -0.15) is 0 Å². The van der Waals surface area contributed by atoms with E-state index in [0.717, 1.165) is 35.3 Å². The molecule has 1 heterocycles. The first-order valence-corrected chi connectivity index (χ1v) is 8.01. The topological polar surface area (TPSA) is 49.4 Å². The van der Waals surface area contributed by atoms with E-state index < -0.39 is 0 Å². The minimum Gasteiger partial charge on any atom is -0.325 e. The fourth-order valence-electron chi connectivity index (χ4n) is 2.93. The maximum absolute atomic E-state index is 12.3. The minimum absolute atomic E-state index is 0.0542. The van der Waals surface area contributed by atoms with Crippen LogP contribution in [0.25, 0.3) is 0 Å². The molecule has 2 aromatic carbocycles. The molecule has 0 unspecified atom stereocenters. The second kappa shape index (κ2) is 6.42. The Bertz CT molecular complexity index is 773. The highest BCUT2D eigenvalue weighted by Crippen LogP contribution is 2.37. The van der Waals surface area contributed by atoms with E-state index in [1.807, 2.05) is 42.5 Å². The van der Waals surface area contributed by atoms with Crippen LogP contribution < -0.4 is 10.2 Å². The van der Waals surface area contributed by atoms with E-state index in [-0.39, 0.29) is 17.7 Å². The van der Waals surface area contributed by atoms with Gasteiger partial charge >= 0.3 is 0 Å². The molecule has 0 aliphatic carbocycles. The van der Waals surface area contributed by atoms with Crippen LogP contribution in [0.3, 0.4) is 0 Å². The molecular weight excluding hydrogens is 312 g/mol. The Hall–Kier alpha value is -2.33. The Morgan fingerprint density at radius 3 is 2.48 bits per heavy atom. The smallest absolute Gasteiger partial charge is 0.239 e. The fourth-order valence-corrected chi connectivity index (χ4v) is 3.00. The molecular formula is C18H17ClN2O2. The van der Waals surface area contributed by atoms with Gasteiger partial charge in [-0.05, 0) is 42.2 Å². The highest BCUT2D eigenvalue weighted by Gasteiger charge is 2.23. The number of hydrogen-bond donors (Lipinski definition) is 1.